The Labute approximate surface area is 104 Å². The van der Waals surface area contributed by atoms with E-state index in [1.807, 2.05) is 0 Å². The van der Waals surface area contributed by atoms with Crippen molar-refractivity contribution in [2.24, 2.45) is 0 Å². The molecule has 0 heterocycles. The van der Waals surface area contributed by atoms with Gasteiger partial charge in [0.2, 0.25) is 0 Å². The molecule has 0 radical (unpaired) electrons. The molecular weight excluding hydrogens is 245 g/mol. The zero-order chi connectivity index (χ0) is 14.2. The number of halogens is 3. The maximum atomic E-state index is 12.2. The molecule has 0 fully saturated rings. The van der Waals surface area contributed by atoms with Crippen molar-refractivity contribution in [1.82, 2.24) is 0 Å². The quantitative estimate of drug-likeness (QED) is 0.780. The van der Waals surface area contributed by atoms with Gasteiger partial charge in [-0.2, -0.15) is 13.2 Å². The number of aryl methyl sites for hydroxylation is 1. The summed E-state index contributed by atoms with van der Waals surface area (Å²) in [5.74, 6) is 0.167. The number of carbonyl (C=O) groups is 2. The van der Waals surface area contributed by atoms with E-state index >= 15 is 0 Å². The van der Waals surface area contributed by atoms with Gasteiger partial charge in [0.1, 0.15) is 12.1 Å². The highest BCUT2D eigenvalue weighted by Crippen LogP contribution is 2.29. The third kappa shape index (κ3) is 7.60. The highest BCUT2D eigenvalue weighted by Gasteiger charge is 2.30. The van der Waals surface area contributed by atoms with E-state index < -0.39 is 11.7 Å². The number of hydrogen-bond acceptors (Lipinski definition) is 2. The van der Waals surface area contributed by atoms with E-state index in [9.17, 15) is 22.8 Å². The Hall–Kier alpha value is -1.65. The van der Waals surface area contributed by atoms with Gasteiger partial charge < -0.3 is 9.59 Å². The average molecular weight is 260 g/mol. The first-order chi connectivity index (χ1) is 8.27. The summed E-state index contributed by atoms with van der Waals surface area (Å²) in [6, 6.07) is 5.02. The first-order valence-corrected chi connectivity index (χ1v) is 5.34. The lowest BCUT2D eigenvalue weighted by Crippen LogP contribution is -2.05. The van der Waals surface area contributed by atoms with Crippen molar-refractivity contribution >= 4 is 12.1 Å². The van der Waals surface area contributed by atoms with Crippen LogP contribution in [-0.4, -0.2) is 12.1 Å². The van der Waals surface area contributed by atoms with Gasteiger partial charge in [0.05, 0.1) is 5.56 Å². The summed E-state index contributed by atoms with van der Waals surface area (Å²) in [7, 11) is 0. The van der Waals surface area contributed by atoms with Crippen LogP contribution in [0.5, 0.6) is 0 Å². The molecule has 18 heavy (non-hydrogen) atoms. The SMILES string of the molecule is CC(C)=O.O=CCCc1cccc(C(F)(F)F)c1. The second kappa shape index (κ2) is 7.63. The molecule has 0 unspecified atom stereocenters. The van der Waals surface area contributed by atoms with Crippen molar-refractivity contribution in [3.63, 3.8) is 0 Å². The molecule has 0 amide bonds. The van der Waals surface area contributed by atoms with Crippen molar-refractivity contribution in [2.45, 2.75) is 32.9 Å². The number of alkyl halides is 3. The summed E-state index contributed by atoms with van der Waals surface area (Å²) in [5.41, 5.74) is -0.132. The lowest BCUT2D eigenvalue weighted by Gasteiger charge is -2.07. The Morgan fingerprint density at radius 2 is 1.83 bits per heavy atom. The number of carbonyl (C=O) groups excluding carboxylic acids is 2. The third-order valence-electron chi connectivity index (χ3n) is 1.81. The molecule has 1 aromatic carbocycles. The molecule has 2 nitrogen and oxygen atoms in total. The number of hydrogen-bond donors (Lipinski definition) is 0. The molecule has 0 aliphatic rings. The fraction of sp³-hybridized carbons (Fsp3) is 0.385. The van der Waals surface area contributed by atoms with Crippen LogP contribution in [0.1, 0.15) is 31.4 Å². The minimum absolute atomic E-state index is 0.167. The van der Waals surface area contributed by atoms with Crippen LogP contribution in [0.25, 0.3) is 0 Å². The van der Waals surface area contributed by atoms with Crippen LogP contribution in [0, 0.1) is 0 Å². The summed E-state index contributed by atoms with van der Waals surface area (Å²) in [4.78, 5) is 19.5. The normalized spacial score (nSPS) is 10.3. The molecule has 0 aromatic heterocycles. The first-order valence-electron chi connectivity index (χ1n) is 5.34. The Morgan fingerprint density at radius 3 is 2.28 bits per heavy atom. The Morgan fingerprint density at radius 1 is 1.28 bits per heavy atom. The van der Waals surface area contributed by atoms with E-state index in [1.165, 1.54) is 19.9 Å². The van der Waals surface area contributed by atoms with E-state index in [4.69, 9.17) is 0 Å². The second-order valence-corrected chi connectivity index (χ2v) is 3.81. The maximum Gasteiger partial charge on any atom is 0.416 e. The van der Waals surface area contributed by atoms with Crippen molar-refractivity contribution < 1.29 is 22.8 Å². The van der Waals surface area contributed by atoms with E-state index in [0.29, 0.717) is 18.3 Å². The summed E-state index contributed by atoms with van der Waals surface area (Å²) in [6.45, 7) is 3.06. The standard InChI is InChI=1S/C10H9F3O.C3H6O/c11-10(12,13)9-5-1-3-8(7-9)4-2-6-14;1-3(2)4/h1,3,5-7H,2,4H2;1-2H3. The number of Topliss-reactive ketones (excluding diaryl/α,β-unsaturated/α-hetero) is 1. The average Bonchev–Trinajstić information content (AvgIpc) is 2.25. The number of ketones is 1. The predicted molar refractivity (Wildman–Crippen MR) is 62.2 cm³/mol. The highest BCUT2D eigenvalue weighted by molar-refractivity contribution is 5.72. The summed E-state index contributed by atoms with van der Waals surface area (Å²) in [5, 5.41) is 0. The van der Waals surface area contributed by atoms with Gasteiger partial charge in [-0.25, -0.2) is 0 Å². The van der Waals surface area contributed by atoms with Gasteiger partial charge in [-0.1, -0.05) is 18.2 Å². The van der Waals surface area contributed by atoms with E-state index in [0.717, 1.165) is 12.1 Å². The van der Waals surface area contributed by atoms with E-state index in [2.05, 4.69) is 0 Å². The van der Waals surface area contributed by atoms with Crippen LogP contribution in [0.3, 0.4) is 0 Å². The minimum Gasteiger partial charge on any atom is -0.303 e. The zero-order valence-electron chi connectivity index (χ0n) is 10.3. The lowest BCUT2D eigenvalue weighted by atomic mass is 10.1. The van der Waals surface area contributed by atoms with Gasteiger partial charge in [-0.05, 0) is 31.9 Å². The van der Waals surface area contributed by atoms with Gasteiger partial charge in [-0.15, -0.1) is 0 Å². The maximum absolute atomic E-state index is 12.2. The summed E-state index contributed by atoms with van der Waals surface area (Å²) < 4.78 is 36.7. The smallest absolute Gasteiger partial charge is 0.303 e. The number of rotatable bonds is 3. The summed E-state index contributed by atoms with van der Waals surface area (Å²) >= 11 is 0. The molecule has 5 heteroatoms. The molecule has 0 aliphatic carbocycles. The van der Waals surface area contributed by atoms with Gasteiger partial charge in [-0.3, -0.25) is 0 Å². The second-order valence-electron chi connectivity index (χ2n) is 3.81. The van der Waals surface area contributed by atoms with Gasteiger partial charge in [0, 0.05) is 6.42 Å². The fourth-order valence-corrected chi connectivity index (χ4v) is 1.13. The van der Waals surface area contributed by atoms with Crippen LogP contribution in [-0.2, 0) is 22.2 Å². The van der Waals surface area contributed by atoms with Crippen LogP contribution in [0.15, 0.2) is 24.3 Å². The predicted octanol–water partition coefficient (Wildman–Crippen LogP) is 3.43. The molecule has 0 saturated heterocycles. The Bertz CT molecular complexity index is 393. The van der Waals surface area contributed by atoms with Crippen molar-refractivity contribution in [3.05, 3.63) is 35.4 Å². The zero-order valence-corrected chi connectivity index (χ0v) is 10.3. The molecular formula is C13H15F3O2. The van der Waals surface area contributed by atoms with Crippen LogP contribution >= 0.6 is 0 Å². The molecule has 0 bridgehead atoms. The van der Waals surface area contributed by atoms with Gasteiger partial charge in [0.15, 0.2) is 0 Å². The van der Waals surface area contributed by atoms with Crippen molar-refractivity contribution in [2.75, 3.05) is 0 Å². The third-order valence-corrected chi connectivity index (χ3v) is 1.81. The van der Waals surface area contributed by atoms with Gasteiger partial charge >= 0.3 is 6.18 Å². The monoisotopic (exact) mass is 260 g/mol. The lowest BCUT2D eigenvalue weighted by molar-refractivity contribution is -0.137. The van der Waals surface area contributed by atoms with Crippen molar-refractivity contribution in [3.8, 4) is 0 Å². The minimum atomic E-state index is -4.31. The van der Waals surface area contributed by atoms with E-state index in [-0.39, 0.29) is 12.2 Å². The largest absolute Gasteiger partial charge is 0.416 e. The first kappa shape index (κ1) is 16.4. The molecule has 1 aromatic rings. The van der Waals surface area contributed by atoms with Crippen LogP contribution in [0.4, 0.5) is 13.2 Å². The van der Waals surface area contributed by atoms with Crippen molar-refractivity contribution in [1.29, 1.82) is 0 Å². The van der Waals surface area contributed by atoms with Crippen LogP contribution in [0.2, 0.25) is 0 Å². The Kier molecular flexibility index (Phi) is 6.93. The van der Waals surface area contributed by atoms with E-state index in [1.54, 1.807) is 6.07 Å². The molecule has 100 valence electrons. The topological polar surface area (TPSA) is 34.1 Å². The highest BCUT2D eigenvalue weighted by atomic mass is 19.4. The molecule has 0 N–H and O–H groups in total. The fourth-order valence-electron chi connectivity index (χ4n) is 1.13. The molecule has 0 aliphatic heterocycles. The number of aldehydes is 1. The summed E-state index contributed by atoms with van der Waals surface area (Å²) in [6.07, 6.45) is -3.01. The molecule has 1 rings (SSSR count). The molecule has 0 saturated carbocycles. The molecule has 0 atom stereocenters. The van der Waals surface area contributed by atoms with Gasteiger partial charge in [0.25, 0.3) is 0 Å². The van der Waals surface area contributed by atoms with Crippen LogP contribution < -0.4 is 0 Å². The molecule has 0 spiro atoms. The Balaban J connectivity index is 0.000000631. The number of benzene rings is 1.